The first-order valence-corrected chi connectivity index (χ1v) is 10.7. The molecule has 0 amide bonds. The van der Waals surface area contributed by atoms with Crippen LogP contribution in [0.4, 0.5) is 5.82 Å². The van der Waals surface area contributed by atoms with Crippen LogP contribution >= 0.6 is 0 Å². The van der Waals surface area contributed by atoms with Crippen molar-refractivity contribution < 1.29 is 4.74 Å². The van der Waals surface area contributed by atoms with Crippen molar-refractivity contribution in [1.82, 2.24) is 19.9 Å². The summed E-state index contributed by atoms with van der Waals surface area (Å²) in [7, 11) is 3.93. The van der Waals surface area contributed by atoms with Gasteiger partial charge in [0.1, 0.15) is 11.7 Å². The molecule has 3 aromatic rings. The molecule has 2 atom stereocenters. The Morgan fingerprint density at radius 2 is 2.13 bits per heavy atom. The number of ether oxygens (including phenoxy) is 1. The van der Waals surface area contributed by atoms with Crippen LogP contribution in [0.1, 0.15) is 54.9 Å². The number of aromatic nitrogens is 3. The number of hydrogen-bond donors (Lipinski definition) is 3. The minimum Gasteiger partial charge on any atom is -0.387 e. The summed E-state index contributed by atoms with van der Waals surface area (Å²) in [4.78, 5) is 18.4. The number of amidine groups is 1. The lowest BCUT2D eigenvalue weighted by atomic mass is 9.96. The fourth-order valence-electron chi connectivity index (χ4n) is 4.42. The van der Waals surface area contributed by atoms with Gasteiger partial charge in [0, 0.05) is 43.2 Å². The molecule has 0 radical (unpaired) electrons. The molecule has 4 N–H and O–H groups in total. The number of nitrogens with two attached hydrogens (primary N) is 1. The third-order valence-corrected chi connectivity index (χ3v) is 6.08. The van der Waals surface area contributed by atoms with E-state index in [9.17, 15) is 0 Å². The maximum absolute atomic E-state index is 6.07. The molecular weight excluding hydrogens is 376 g/mol. The number of H-pyrrole nitrogens is 2. The van der Waals surface area contributed by atoms with Gasteiger partial charge in [0.25, 0.3) is 0 Å². The summed E-state index contributed by atoms with van der Waals surface area (Å²) in [5.41, 5.74) is 10.7. The fraction of sp³-hybridized carbons (Fsp3) is 0.478. The highest BCUT2D eigenvalue weighted by Crippen LogP contribution is 2.37. The van der Waals surface area contributed by atoms with E-state index in [4.69, 9.17) is 10.5 Å². The standard InChI is InChI=1S/C23H32N6O/c1-5-17(13-30-4)29(3)12-15-6-8-19-16(10-15)11-20(27-19)18-7-9-21(24)28-23-22(18)25-14(2)26-23/h6,8,10-11,17-18,27H,5,7,9,12-13H2,1-4H3,(H2,24,28)(H,25,26). The lowest BCUT2D eigenvalue weighted by Gasteiger charge is -2.26. The molecule has 2 unspecified atom stereocenters. The number of methoxy groups -OCH3 is 1. The molecule has 0 spiro atoms. The van der Waals surface area contributed by atoms with E-state index in [0.29, 0.717) is 11.9 Å². The first-order chi connectivity index (χ1) is 14.5. The Kier molecular flexibility index (Phi) is 5.92. The van der Waals surface area contributed by atoms with Crippen LogP contribution in [-0.4, -0.2) is 52.5 Å². The lowest BCUT2D eigenvalue weighted by molar-refractivity contribution is 0.0999. The molecule has 0 saturated carbocycles. The van der Waals surface area contributed by atoms with Crippen LogP contribution in [-0.2, 0) is 11.3 Å². The summed E-state index contributed by atoms with van der Waals surface area (Å²) in [6.07, 6.45) is 2.73. The summed E-state index contributed by atoms with van der Waals surface area (Å²) in [5.74, 6) is 2.41. The summed E-state index contributed by atoms with van der Waals surface area (Å²) >= 11 is 0. The van der Waals surface area contributed by atoms with Crippen LogP contribution in [0, 0.1) is 6.92 Å². The highest BCUT2D eigenvalue weighted by atomic mass is 16.5. The SMILES string of the molecule is CCC(COC)N(C)Cc1ccc2[nH]c(C3CCC(N)=Nc4nc(C)[nH]c43)cc2c1. The molecule has 1 aliphatic heterocycles. The average Bonchev–Trinajstić information content (AvgIpc) is 3.25. The molecule has 0 bridgehead atoms. The van der Waals surface area contributed by atoms with Gasteiger partial charge in [-0.2, -0.15) is 0 Å². The van der Waals surface area contributed by atoms with Crippen molar-refractivity contribution in [3.8, 4) is 0 Å². The van der Waals surface area contributed by atoms with E-state index in [0.717, 1.165) is 55.3 Å². The number of nitrogens with one attached hydrogen (secondary N) is 2. The van der Waals surface area contributed by atoms with Crippen LogP contribution in [0.5, 0.6) is 0 Å². The summed E-state index contributed by atoms with van der Waals surface area (Å²) in [6.45, 7) is 5.81. The molecule has 1 aromatic carbocycles. The number of aryl methyl sites for hydroxylation is 1. The Hall–Kier alpha value is -2.64. The minimum atomic E-state index is 0.177. The number of hydrogen-bond acceptors (Lipinski definition) is 5. The predicted octanol–water partition coefficient (Wildman–Crippen LogP) is 3.97. The van der Waals surface area contributed by atoms with E-state index in [1.54, 1.807) is 7.11 Å². The fourth-order valence-corrected chi connectivity index (χ4v) is 4.42. The van der Waals surface area contributed by atoms with Crippen LogP contribution < -0.4 is 5.73 Å². The van der Waals surface area contributed by atoms with E-state index in [2.05, 4.69) is 63.1 Å². The van der Waals surface area contributed by atoms with Gasteiger partial charge in [-0.15, -0.1) is 0 Å². The number of fused-ring (bicyclic) bond motifs is 2. The van der Waals surface area contributed by atoms with Crippen LogP contribution in [0.25, 0.3) is 10.9 Å². The van der Waals surface area contributed by atoms with Crippen molar-refractivity contribution >= 4 is 22.6 Å². The monoisotopic (exact) mass is 408 g/mol. The molecule has 0 saturated heterocycles. The smallest absolute Gasteiger partial charge is 0.175 e. The third kappa shape index (κ3) is 4.13. The summed E-state index contributed by atoms with van der Waals surface area (Å²) < 4.78 is 5.37. The second-order valence-corrected chi connectivity index (χ2v) is 8.33. The van der Waals surface area contributed by atoms with Crippen LogP contribution in [0.3, 0.4) is 0 Å². The molecule has 160 valence electrons. The normalized spacial score (nSPS) is 17.8. The van der Waals surface area contributed by atoms with Gasteiger partial charge in [0.05, 0.1) is 12.3 Å². The summed E-state index contributed by atoms with van der Waals surface area (Å²) in [5, 5.41) is 1.23. The van der Waals surface area contributed by atoms with Gasteiger partial charge >= 0.3 is 0 Å². The molecule has 7 nitrogen and oxygen atoms in total. The zero-order chi connectivity index (χ0) is 21.3. The van der Waals surface area contributed by atoms with Gasteiger partial charge in [-0.25, -0.2) is 9.98 Å². The molecule has 30 heavy (non-hydrogen) atoms. The average molecular weight is 409 g/mol. The van der Waals surface area contributed by atoms with Crippen molar-refractivity contribution in [2.75, 3.05) is 20.8 Å². The number of benzene rings is 1. The molecular formula is C23H32N6O. The van der Waals surface area contributed by atoms with Crippen molar-refractivity contribution in [2.45, 2.75) is 51.6 Å². The predicted molar refractivity (Wildman–Crippen MR) is 121 cm³/mol. The van der Waals surface area contributed by atoms with Gasteiger partial charge in [0.15, 0.2) is 5.82 Å². The van der Waals surface area contributed by atoms with Gasteiger partial charge in [-0.05, 0) is 56.0 Å². The van der Waals surface area contributed by atoms with Crippen molar-refractivity contribution in [1.29, 1.82) is 0 Å². The number of aliphatic imine (C=N–C) groups is 1. The number of aromatic amines is 2. The Morgan fingerprint density at radius 1 is 1.30 bits per heavy atom. The second kappa shape index (κ2) is 8.62. The Bertz CT molecular complexity index is 1050. The Balaban J connectivity index is 1.60. The topological polar surface area (TPSA) is 95.3 Å². The molecule has 0 aliphatic carbocycles. The highest BCUT2D eigenvalue weighted by molar-refractivity contribution is 5.84. The molecule has 3 heterocycles. The lowest BCUT2D eigenvalue weighted by Crippen LogP contribution is -2.34. The van der Waals surface area contributed by atoms with Crippen LogP contribution in [0.2, 0.25) is 0 Å². The molecule has 4 rings (SSSR count). The van der Waals surface area contributed by atoms with E-state index in [-0.39, 0.29) is 5.92 Å². The van der Waals surface area contributed by atoms with Gasteiger partial charge in [-0.3, -0.25) is 4.90 Å². The van der Waals surface area contributed by atoms with Gasteiger partial charge in [-0.1, -0.05) is 13.0 Å². The molecule has 1 aliphatic rings. The minimum absolute atomic E-state index is 0.177. The first kappa shape index (κ1) is 20.6. The molecule has 2 aromatic heterocycles. The quantitative estimate of drug-likeness (QED) is 0.551. The van der Waals surface area contributed by atoms with E-state index >= 15 is 0 Å². The van der Waals surface area contributed by atoms with Crippen LogP contribution in [0.15, 0.2) is 29.3 Å². The number of likely N-dealkylation sites (N-methyl/N-ethyl adjacent to an activating group) is 1. The number of rotatable bonds is 7. The van der Waals surface area contributed by atoms with Gasteiger partial charge < -0.3 is 20.4 Å². The van der Waals surface area contributed by atoms with Crippen molar-refractivity contribution in [2.24, 2.45) is 10.7 Å². The zero-order valence-electron chi connectivity index (χ0n) is 18.3. The van der Waals surface area contributed by atoms with Crippen molar-refractivity contribution in [3.05, 3.63) is 47.0 Å². The number of imidazole rings is 1. The first-order valence-electron chi connectivity index (χ1n) is 10.7. The Morgan fingerprint density at radius 3 is 2.90 bits per heavy atom. The zero-order valence-corrected chi connectivity index (χ0v) is 18.3. The molecule has 7 heteroatoms. The highest BCUT2D eigenvalue weighted by Gasteiger charge is 2.25. The summed E-state index contributed by atoms with van der Waals surface area (Å²) in [6, 6.07) is 9.35. The number of nitrogens with zero attached hydrogens (tertiary/aromatic N) is 3. The van der Waals surface area contributed by atoms with E-state index in [1.165, 1.54) is 16.6 Å². The van der Waals surface area contributed by atoms with Gasteiger partial charge in [0.2, 0.25) is 0 Å². The second-order valence-electron chi connectivity index (χ2n) is 8.33. The maximum atomic E-state index is 6.07. The largest absolute Gasteiger partial charge is 0.387 e. The molecule has 0 fully saturated rings. The third-order valence-electron chi connectivity index (χ3n) is 6.08. The Labute approximate surface area is 177 Å². The van der Waals surface area contributed by atoms with E-state index in [1.807, 2.05) is 6.92 Å². The van der Waals surface area contributed by atoms with Crippen molar-refractivity contribution in [3.63, 3.8) is 0 Å². The maximum Gasteiger partial charge on any atom is 0.175 e. The van der Waals surface area contributed by atoms with E-state index < -0.39 is 0 Å².